The predicted molar refractivity (Wildman–Crippen MR) is 153 cm³/mol. The molecule has 0 unspecified atom stereocenters. The first-order chi connectivity index (χ1) is 17.8. The molecule has 2 amide bonds. The van der Waals surface area contributed by atoms with Crippen LogP contribution in [0.15, 0.2) is 59.6 Å². The van der Waals surface area contributed by atoms with Gasteiger partial charge in [-0.05, 0) is 43.9 Å². The number of ether oxygens (including phenoxy) is 1. The van der Waals surface area contributed by atoms with Gasteiger partial charge in [-0.3, -0.25) is 4.79 Å². The highest BCUT2D eigenvalue weighted by molar-refractivity contribution is 8.16. The number of amides is 2. The molecule has 0 radical (unpaired) electrons. The van der Waals surface area contributed by atoms with E-state index < -0.39 is 33.5 Å². The Balaban J connectivity index is 1.69. The Morgan fingerprint density at radius 2 is 1.74 bits per heavy atom. The largest absolute Gasteiger partial charge is 0.444 e. The molecular weight excluding hydrogens is 522 g/mol. The van der Waals surface area contributed by atoms with E-state index in [1.807, 2.05) is 59.5 Å². The normalized spacial score (nSPS) is 22.4. The molecular formula is C28H35N3O5S2. The first kappa shape index (κ1) is 28.2. The number of aliphatic imine (C=N–C) groups is 1. The molecule has 0 aliphatic carbocycles. The maximum absolute atomic E-state index is 13.6. The molecule has 2 aromatic carbocycles. The lowest BCUT2D eigenvalue weighted by Gasteiger charge is -2.28. The number of benzene rings is 2. The monoisotopic (exact) mass is 557 g/mol. The maximum Gasteiger partial charge on any atom is 0.408 e. The fourth-order valence-electron chi connectivity index (χ4n) is 4.71. The second kappa shape index (κ2) is 11.1. The quantitative estimate of drug-likeness (QED) is 0.556. The average Bonchev–Trinajstić information content (AvgIpc) is 3.28. The van der Waals surface area contributed by atoms with Crippen LogP contribution in [0.1, 0.15) is 51.7 Å². The average molecular weight is 558 g/mol. The lowest BCUT2D eigenvalue weighted by atomic mass is 9.99. The fourth-order valence-corrected chi connectivity index (χ4v) is 8.63. The summed E-state index contributed by atoms with van der Waals surface area (Å²) in [6.45, 7) is 9.42. The maximum atomic E-state index is 13.6. The SMILES string of the molecule is CC(C)c1ccccc1N1C(=NC(=O)[C@H](Cc2ccccc2)NC(=O)OC(C)(C)C)S[C@@H]2CS(=O)(=O)C[C@@H]21. The molecule has 3 atom stereocenters. The van der Waals surface area contributed by atoms with Crippen LogP contribution in [-0.2, 0) is 25.8 Å². The van der Waals surface area contributed by atoms with Crippen molar-refractivity contribution in [2.75, 3.05) is 16.4 Å². The Morgan fingerprint density at radius 3 is 2.39 bits per heavy atom. The van der Waals surface area contributed by atoms with Gasteiger partial charge in [0.15, 0.2) is 15.0 Å². The van der Waals surface area contributed by atoms with Crippen molar-refractivity contribution in [3.05, 3.63) is 65.7 Å². The van der Waals surface area contributed by atoms with E-state index >= 15 is 0 Å². The molecule has 1 N–H and O–H groups in total. The molecule has 2 saturated heterocycles. The van der Waals surface area contributed by atoms with Crippen molar-refractivity contribution in [2.45, 2.75) is 69.9 Å². The first-order valence-electron chi connectivity index (χ1n) is 12.7. The third-order valence-electron chi connectivity index (χ3n) is 6.36. The van der Waals surface area contributed by atoms with Crippen LogP contribution in [0.5, 0.6) is 0 Å². The highest BCUT2D eigenvalue weighted by Gasteiger charge is 2.50. The highest BCUT2D eigenvalue weighted by atomic mass is 32.2. The number of carbonyl (C=O) groups is 2. The van der Waals surface area contributed by atoms with Gasteiger partial charge in [0.2, 0.25) is 0 Å². The number of nitrogens with one attached hydrogen (secondary N) is 1. The van der Waals surface area contributed by atoms with Crippen molar-refractivity contribution in [1.82, 2.24) is 5.32 Å². The minimum atomic E-state index is -3.20. The minimum Gasteiger partial charge on any atom is -0.444 e. The Hall–Kier alpha value is -2.85. The molecule has 38 heavy (non-hydrogen) atoms. The van der Waals surface area contributed by atoms with Crippen LogP contribution in [0.25, 0.3) is 0 Å². The third kappa shape index (κ3) is 6.77. The van der Waals surface area contributed by atoms with Crippen LogP contribution < -0.4 is 10.2 Å². The topological polar surface area (TPSA) is 105 Å². The van der Waals surface area contributed by atoms with E-state index in [1.54, 1.807) is 20.8 Å². The van der Waals surface area contributed by atoms with Crippen molar-refractivity contribution in [2.24, 2.45) is 4.99 Å². The van der Waals surface area contributed by atoms with E-state index in [2.05, 4.69) is 24.2 Å². The number of sulfone groups is 1. The molecule has 0 saturated carbocycles. The number of nitrogens with zero attached hydrogens (tertiary/aromatic N) is 2. The lowest BCUT2D eigenvalue weighted by Crippen LogP contribution is -2.45. The van der Waals surface area contributed by atoms with Gasteiger partial charge in [0.1, 0.15) is 11.6 Å². The molecule has 204 valence electrons. The van der Waals surface area contributed by atoms with Crippen molar-refractivity contribution < 1.29 is 22.7 Å². The number of fused-ring (bicyclic) bond motifs is 1. The van der Waals surface area contributed by atoms with Gasteiger partial charge in [0, 0.05) is 17.4 Å². The number of hydrogen-bond acceptors (Lipinski definition) is 6. The predicted octanol–water partition coefficient (Wildman–Crippen LogP) is 4.55. The number of thioether (sulfide) groups is 1. The summed E-state index contributed by atoms with van der Waals surface area (Å²) in [5, 5.41) is 2.93. The summed E-state index contributed by atoms with van der Waals surface area (Å²) in [7, 11) is -3.20. The van der Waals surface area contributed by atoms with E-state index in [0.29, 0.717) is 5.17 Å². The summed E-state index contributed by atoms with van der Waals surface area (Å²) < 4.78 is 30.4. The standard InChI is InChI=1S/C28H35N3O5S2/c1-18(2)20-13-9-10-14-22(20)31-23-16-38(34,35)17-24(23)37-26(31)30-25(32)21(15-19-11-7-6-8-12-19)29-27(33)36-28(3,4)5/h6-14,18,21,23-24H,15-17H2,1-5H3,(H,29,33)/t21-,23-,24+/m0/s1. The molecule has 0 bridgehead atoms. The van der Waals surface area contributed by atoms with E-state index in [4.69, 9.17) is 4.74 Å². The van der Waals surface area contributed by atoms with Crippen LogP contribution in [0.2, 0.25) is 0 Å². The summed E-state index contributed by atoms with van der Waals surface area (Å²) >= 11 is 1.32. The van der Waals surface area contributed by atoms with Gasteiger partial charge in [-0.2, -0.15) is 4.99 Å². The Bertz CT molecular complexity index is 1320. The number of anilines is 1. The van der Waals surface area contributed by atoms with E-state index in [0.717, 1.165) is 16.8 Å². The van der Waals surface area contributed by atoms with Crippen molar-refractivity contribution in [1.29, 1.82) is 0 Å². The van der Waals surface area contributed by atoms with Crippen molar-refractivity contribution >= 4 is 44.5 Å². The molecule has 0 aromatic heterocycles. The van der Waals surface area contributed by atoms with Gasteiger partial charge in [-0.1, -0.05) is 74.1 Å². The highest BCUT2D eigenvalue weighted by Crippen LogP contribution is 2.43. The summed E-state index contributed by atoms with van der Waals surface area (Å²) in [5.74, 6) is -0.283. The summed E-state index contributed by atoms with van der Waals surface area (Å²) in [6, 6.07) is 15.9. The summed E-state index contributed by atoms with van der Waals surface area (Å²) in [6.07, 6.45) is -0.458. The number of para-hydroxylation sites is 1. The van der Waals surface area contributed by atoms with Gasteiger partial charge in [0.05, 0.1) is 17.5 Å². The van der Waals surface area contributed by atoms with E-state index in [-0.39, 0.29) is 35.1 Å². The summed E-state index contributed by atoms with van der Waals surface area (Å²) in [4.78, 5) is 32.7. The number of amidine groups is 1. The molecule has 10 heteroatoms. The smallest absolute Gasteiger partial charge is 0.408 e. The molecule has 2 aliphatic rings. The van der Waals surface area contributed by atoms with Crippen LogP contribution in [0.3, 0.4) is 0 Å². The minimum absolute atomic E-state index is 0.00785. The van der Waals surface area contributed by atoms with Gasteiger partial charge in [-0.25, -0.2) is 13.2 Å². The first-order valence-corrected chi connectivity index (χ1v) is 15.4. The van der Waals surface area contributed by atoms with E-state index in [9.17, 15) is 18.0 Å². The molecule has 2 fully saturated rings. The van der Waals surface area contributed by atoms with Crippen LogP contribution >= 0.6 is 11.8 Å². The van der Waals surface area contributed by atoms with Gasteiger partial charge < -0.3 is 15.0 Å². The second-order valence-electron chi connectivity index (χ2n) is 11.0. The van der Waals surface area contributed by atoms with Gasteiger partial charge in [-0.15, -0.1) is 0 Å². The van der Waals surface area contributed by atoms with Crippen molar-refractivity contribution in [3.63, 3.8) is 0 Å². The van der Waals surface area contributed by atoms with Crippen LogP contribution in [0.4, 0.5) is 10.5 Å². The Labute approximate surface area is 229 Å². The van der Waals surface area contributed by atoms with Crippen LogP contribution in [0, 0.1) is 0 Å². The third-order valence-corrected chi connectivity index (χ3v) is 9.57. The zero-order valence-corrected chi connectivity index (χ0v) is 24.0. The lowest BCUT2D eigenvalue weighted by molar-refractivity contribution is -0.119. The molecule has 2 aliphatic heterocycles. The number of carbonyl (C=O) groups excluding carboxylic acids is 2. The van der Waals surface area contributed by atoms with Crippen LogP contribution in [-0.4, -0.2) is 60.0 Å². The Kier molecular flexibility index (Phi) is 8.23. The van der Waals surface area contributed by atoms with Gasteiger partial charge >= 0.3 is 6.09 Å². The molecule has 2 aromatic rings. The molecule has 4 rings (SSSR count). The zero-order chi connectivity index (χ0) is 27.7. The number of rotatable bonds is 6. The summed E-state index contributed by atoms with van der Waals surface area (Å²) in [5.41, 5.74) is 2.04. The zero-order valence-electron chi connectivity index (χ0n) is 22.4. The molecule has 2 heterocycles. The van der Waals surface area contributed by atoms with E-state index in [1.165, 1.54) is 11.8 Å². The number of alkyl carbamates (subject to hydrolysis) is 1. The molecule has 0 spiro atoms. The van der Waals surface area contributed by atoms with Gasteiger partial charge in [0.25, 0.3) is 5.91 Å². The second-order valence-corrected chi connectivity index (χ2v) is 14.4. The fraction of sp³-hybridized carbons (Fsp3) is 0.464. The Morgan fingerprint density at radius 1 is 1.08 bits per heavy atom. The van der Waals surface area contributed by atoms with Crippen molar-refractivity contribution in [3.8, 4) is 0 Å². The number of hydrogen-bond donors (Lipinski definition) is 1. The molecule has 8 nitrogen and oxygen atoms in total.